The molecule has 0 radical (unpaired) electrons. The average molecular weight is 313 g/mol. The Hall–Kier alpha value is -2.82. The molecule has 0 fully saturated rings. The van der Waals surface area contributed by atoms with E-state index >= 15 is 0 Å². The number of hydrogen-bond donors (Lipinski definition) is 0. The molecule has 0 amide bonds. The summed E-state index contributed by atoms with van der Waals surface area (Å²) >= 11 is 0. The zero-order chi connectivity index (χ0) is 16.7. The van der Waals surface area contributed by atoms with Gasteiger partial charge in [0.05, 0.1) is 25.5 Å². The molecule has 2 rings (SSSR count). The largest absolute Gasteiger partial charge is 0.493 e. The number of ether oxygens (including phenoxy) is 3. The van der Waals surface area contributed by atoms with Gasteiger partial charge in [-0.2, -0.15) is 0 Å². The van der Waals surface area contributed by atoms with Crippen LogP contribution < -0.4 is 9.47 Å². The third kappa shape index (κ3) is 4.10. The minimum Gasteiger partial charge on any atom is -0.493 e. The third-order valence-corrected chi connectivity index (χ3v) is 3.17. The second kappa shape index (κ2) is 7.98. The van der Waals surface area contributed by atoms with Crippen LogP contribution in [0.15, 0.2) is 42.6 Å². The van der Waals surface area contributed by atoms with Crippen molar-refractivity contribution in [3.8, 4) is 11.5 Å². The fourth-order valence-corrected chi connectivity index (χ4v) is 2.12. The molecule has 0 aliphatic carbocycles. The van der Waals surface area contributed by atoms with Crippen molar-refractivity contribution in [1.82, 2.24) is 4.98 Å². The lowest BCUT2D eigenvalue weighted by molar-refractivity contribution is 0.0467. The number of pyridine rings is 1. The third-order valence-electron chi connectivity index (χ3n) is 3.17. The maximum Gasteiger partial charge on any atom is 0.338 e. The average Bonchev–Trinajstić information content (AvgIpc) is 2.60. The molecule has 0 saturated carbocycles. The molecule has 0 N–H and O–H groups in total. The van der Waals surface area contributed by atoms with Crippen molar-refractivity contribution < 1.29 is 19.0 Å². The Morgan fingerprint density at radius 2 is 2.04 bits per heavy atom. The Morgan fingerprint density at radius 1 is 1.22 bits per heavy atom. The Kier molecular flexibility index (Phi) is 5.74. The van der Waals surface area contributed by atoms with Gasteiger partial charge in [0.25, 0.3) is 0 Å². The van der Waals surface area contributed by atoms with Crippen LogP contribution in [0, 0.1) is 0 Å². The smallest absolute Gasteiger partial charge is 0.338 e. The molecule has 2 aromatic rings. The molecular weight excluding hydrogens is 294 g/mol. The van der Waals surface area contributed by atoms with E-state index in [1.54, 1.807) is 31.5 Å². The highest BCUT2D eigenvalue weighted by atomic mass is 16.5. The fourth-order valence-electron chi connectivity index (χ4n) is 2.12. The van der Waals surface area contributed by atoms with Gasteiger partial charge in [-0.1, -0.05) is 18.2 Å². The molecular formula is C18H19NO4. The first-order valence-corrected chi connectivity index (χ1v) is 7.15. The first kappa shape index (κ1) is 16.5. The highest BCUT2D eigenvalue weighted by Crippen LogP contribution is 2.33. The molecule has 5 heteroatoms. The molecule has 0 spiro atoms. The summed E-state index contributed by atoms with van der Waals surface area (Å²) in [5, 5.41) is 0. The Labute approximate surface area is 135 Å². The van der Waals surface area contributed by atoms with Crippen LogP contribution in [0.2, 0.25) is 0 Å². The molecule has 0 saturated heterocycles. The summed E-state index contributed by atoms with van der Waals surface area (Å²) in [6.45, 7) is 2.00. The Morgan fingerprint density at radius 3 is 2.65 bits per heavy atom. The van der Waals surface area contributed by atoms with Crippen molar-refractivity contribution >= 4 is 12.0 Å². The molecule has 0 aliphatic rings. The molecule has 1 heterocycles. The van der Waals surface area contributed by atoms with Gasteiger partial charge in [-0.05, 0) is 31.2 Å². The minimum absolute atomic E-state index is 0.118. The van der Waals surface area contributed by atoms with Crippen LogP contribution in [-0.2, 0) is 11.3 Å². The number of hydrogen-bond acceptors (Lipinski definition) is 5. The van der Waals surface area contributed by atoms with Gasteiger partial charge in [-0.3, -0.25) is 4.98 Å². The van der Waals surface area contributed by atoms with Crippen molar-refractivity contribution in [3.05, 3.63) is 59.4 Å². The van der Waals surface area contributed by atoms with Gasteiger partial charge in [-0.25, -0.2) is 4.79 Å². The molecule has 120 valence electrons. The molecule has 5 nitrogen and oxygen atoms in total. The number of carbonyl (C=O) groups is 1. The van der Waals surface area contributed by atoms with Crippen LogP contribution >= 0.6 is 0 Å². The maximum absolute atomic E-state index is 12.3. The van der Waals surface area contributed by atoms with Crippen LogP contribution in [0.5, 0.6) is 11.5 Å². The Balaban J connectivity index is 2.24. The molecule has 1 aromatic heterocycles. The second-order valence-electron chi connectivity index (χ2n) is 4.70. The summed E-state index contributed by atoms with van der Waals surface area (Å²) < 4.78 is 15.9. The number of nitrogens with zero attached hydrogens (tertiary/aromatic N) is 1. The molecule has 23 heavy (non-hydrogen) atoms. The number of aromatic nitrogens is 1. The molecule has 0 unspecified atom stereocenters. The standard InChI is InChI=1S/C18H19NO4/c1-4-7-13-10-14(11-16(21-2)17(13)22-3)18(20)23-12-15-8-5-6-9-19-15/h4-11H,12H2,1-3H3/b7-4+. The molecule has 0 bridgehead atoms. The van der Waals surface area contributed by atoms with Crippen molar-refractivity contribution in [3.63, 3.8) is 0 Å². The van der Waals surface area contributed by atoms with Gasteiger partial charge >= 0.3 is 5.97 Å². The number of benzene rings is 1. The van der Waals surface area contributed by atoms with E-state index in [1.165, 1.54) is 7.11 Å². The molecule has 0 aliphatic heterocycles. The quantitative estimate of drug-likeness (QED) is 0.764. The van der Waals surface area contributed by atoms with Gasteiger partial charge in [0.15, 0.2) is 11.5 Å². The van der Waals surface area contributed by atoms with Crippen molar-refractivity contribution in [2.75, 3.05) is 14.2 Å². The van der Waals surface area contributed by atoms with Gasteiger partial charge in [0.1, 0.15) is 6.61 Å². The summed E-state index contributed by atoms with van der Waals surface area (Å²) in [5.41, 5.74) is 1.83. The van der Waals surface area contributed by atoms with E-state index in [1.807, 2.05) is 31.2 Å². The van der Waals surface area contributed by atoms with Gasteiger partial charge in [-0.15, -0.1) is 0 Å². The van der Waals surface area contributed by atoms with E-state index in [0.29, 0.717) is 22.8 Å². The zero-order valence-corrected chi connectivity index (χ0v) is 13.4. The number of esters is 1. The molecule has 0 atom stereocenters. The second-order valence-corrected chi connectivity index (χ2v) is 4.70. The van der Waals surface area contributed by atoms with E-state index in [-0.39, 0.29) is 6.61 Å². The normalized spacial score (nSPS) is 10.6. The summed E-state index contributed by atoms with van der Waals surface area (Å²) in [6, 6.07) is 8.77. The lowest BCUT2D eigenvalue weighted by Crippen LogP contribution is -2.07. The maximum atomic E-state index is 12.3. The van der Waals surface area contributed by atoms with E-state index in [4.69, 9.17) is 14.2 Å². The van der Waals surface area contributed by atoms with Crippen molar-refractivity contribution in [2.24, 2.45) is 0 Å². The molecule has 1 aromatic carbocycles. The van der Waals surface area contributed by atoms with Crippen LogP contribution in [0.3, 0.4) is 0 Å². The Bertz CT molecular complexity index is 696. The summed E-state index contributed by atoms with van der Waals surface area (Å²) in [6.07, 6.45) is 5.36. The summed E-state index contributed by atoms with van der Waals surface area (Å²) in [5.74, 6) is 0.613. The highest BCUT2D eigenvalue weighted by Gasteiger charge is 2.16. The van der Waals surface area contributed by atoms with Gasteiger partial charge < -0.3 is 14.2 Å². The predicted octanol–water partition coefficient (Wildman–Crippen LogP) is 3.49. The lowest BCUT2D eigenvalue weighted by atomic mass is 10.1. The predicted molar refractivity (Wildman–Crippen MR) is 87.6 cm³/mol. The van der Waals surface area contributed by atoms with E-state index in [9.17, 15) is 4.79 Å². The van der Waals surface area contributed by atoms with Crippen LogP contribution in [0.25, 0.3) is 6.08 Å². The first-order chi connectivity index (χ1) is 11.2. The minimum atomic E-state index is -0.442. The van der Waals surface area contributed by atoms with Crippen molar-refractivity contribution in [2.45, 2.75) is 13.5 Å². The number of methoxy groups -OCH3 is 2. The fraction of sp³-hybridized carbons (Fsp3) is 0.222. The lowest BCUT2D eigenvalue weighted by Gasteiger charge is -2.13. The van der Waals surface area contributed by atoms with Crippen molar-refractivity contribution in [1.29, 1.82) is 0 Å². The van der Waals surface area contributed by atoms with Crippen LogP contribution in [0.1, 0.15) is 28.5 Å². The SMILES string of the molecule is C/C=C/c1cc(C(=O)OCc2ccccn2)cc(OC)c1OC. The van der Waals surface area contributed by atoms with E-state index in [2.05, 4.69) is 4.98 Å². The van der Waals surface area contributed by atoms with Crippen LogP contribution in [-0.4, -0.2) is 25.2 Å². The summed E-state index contributed by atoms with van der Waals surface area (Å²) in [7, 11) is 3.09. The number of rotatable bonds is 6. The van der Waals surface area contributed by atoms with Crippen LogP contribution in [0.4, 0.5) is 0 Å². The number of carbonyl (C=O) groups excluding carboxylic acids is 1. The first-order valence-electron chi connectivity index (χ1n) is 7.15. The topological polar surface area (TPSA) is 57.7 Å². The zero-order valence-electron chi connectivity index (χ0n) is 13.4. The van der Waals surface area contributed by atoms with E-state index < -0.39 is 5.97 Å². The van der Waals surface area contributed by atoms with Gasteiger partial charge in [0, 0.05) is 11.8 Å². The van der Waals surface area contributed by atoms with E-state index in [0.717, 1.165) is 5.56 Å². The monoisotopic (exact) mass is 313 g/mol. The van der Waals surface area contributed by atoms with Gasteiger partial charge in [0.2, 0.25) is 0 Å². The highest BCUT2D eigenvalue weighted by molar-refractivity contribution is 5.91. The summed E-state index contributed by atoms with van der Waals surface area (Å²) in [4.78, 5) is 16.4. The number of allylic oxidation sites excluding steroid dienone is 1.